The lowest BCUT2D eigenvalue weighted by Crippen LogP contribution is -2.28. The van der Waals surface area contributed by atoms with Crippen LogP contribution in [0.15, 0.2) is 24.3 Å². The van der Waals surface area contributed by atoms with E-state index in [0.29, 0.717) is 5.92 Å². The zero-order chi connectivity index (χ0) is 9.10. The van der Waals surface area contributed by atoms with Crippen molar-refractivity contribution >= 4 is 12.4 Å². The van der Waals surface area contributed by atoms with Crippen molar-refractivity contribution in [2.75, 3.05) is 13.1 Å². The standard InChI is InChI=1S/C11H14FN.ClH/c12-11-5-1-3-9(7-11)10-4-2-6-13-8-10;/h1,3,5,7,10,13H,2,4,6,8H2;1H/t10-;/m0./s1. The predicted octanol–water partition coefficient (Wildman–Crippen LogP) is 2.71. The Kier molecular flexibility index (Phi) is 4.36. The van der Waals surface area contributed by atoms with Crippen molar-refractivity contribution in [1.29, 1.82) is 0 Å². The van der Waals surface area contributed by atoms with E-state index in [1.165, 1.54) is 18.9 Å². The van der Waals surface area contributed by atoms with Crippen molar-refractivity contribution in [3.63, 3.8) is 0 Å². The monoisotopic (exact) mass is 215 g/mol. The summed E-state index contributed by atoms with van der Waals surface area (Å²) in [5, 5.41) is 3.33. The van der Waals surface area contributed by atoms with E-state index < -0.39 is 0 Å². The van der Waals surface area contributed by atoms with Crippen molar-refractivity contribution in [3.8, 4) is 0 Å². The molecule has 1 aromatic carbocycles. The molecule has 0 aliphatic carbocycles. The van der Waals surface area contributed by atoms with Gasteiger partial charge in [-0.1, -0.05) is 12.1 Å². The molecule has 1 atom stereocenters. The Morgan fingerprint density at radius 3 is 2.86 bits per heavy atom. The highest BCUT2D eigenvalue weighted by Gasteiger charge is 2.14. The minimum absolute atomic E-state index is 0. The number of rotatable bonds is 1. The van der Waals surface area contributed by atoms with Crippen LogP contribution < -0.4 is 5.32 Å². The third-order valence-corrected chi connectivity index (χ3v) is 2.62. The summed E-state index contributed by atoms with van der Waals surface area (Å²) < 4.78 is 12.9. The number of hydrogen-bond donors (Lipinski definition) is 1. The molecule has 0 bridgehead atoms. The van der Waals surface area contributed by atoms with Crippen LogP contribution in [0.1, 0.15) is 24.3 Å². The quantitative estimate of drug-likeness (QED) is 0.760. The number of benzene rings is 1. The van der Waals surface area contributed by atoms with Crippen molar-refractivity contribution in [3.05, 3.63) is 35.6 Å². The molecule has 0 radical (unpaired) electrons. The molecule has 1 heterocycles. The molecule has 2 rings (SSSR count). The Bertz CT molecular complexity index is 284. The number of halogens is 2. The average Bonchev–Trinajstić information content (AvgIpc) is 2.19. The topological polar surface area (TPSA) is 12.0 Å². The van der Waals surface area contributed by atoms with Gasteiger partial charge in [-0.15, -0.1) is 12.4 Å². The van der Waals surface area contributed by atoms with Crippen LogP contribution in [0.2, 0.25) is 0 Å². The zero-order valence-electron chi connectivity index (χ0n) is 8.00. The van der Waals surface area contributed by atoms with Crippen LogP contribution in [0.3, 0.4) is 0 Å². The van der Waals surface area contributed by atoms with Crippen LogP contribution in [-0.4, -0.2) is 13.1 Å². The Morgan fingerprint density at radius 2 is 2.21 bits per heavy atom. The van der Waals surface area contributed by atoms with Gasteiger partial charge in [0.25, 0.3) is 0 Å². The van der Waals surface area contributed by atoms with Gasteiger partial charge in [-0.05, 0) is 43.0 Å². The first-order valence-corrected chi connectivity index (χ1v) is 4.82. The average molecular weight is 216 g/mol. The summed E-state index contributed by atoms with van der Waals surface area (Å²) in [6, 6.07) is 6.96. The van der Waals surface area contributed by atoms with Gasteiger partial charge in [-0.3, -0.25) is 0 Å². The summed E-state index contributed by atoms with van der Waals surface area (Å²) in [5.41, 5.74) is 1.13. The second-order valence-corrected chi connectivity index (χ2v) is 3.60. The minimum atomic E-state index is -0.122. The lowest BCUT2D eigenvalue weighted by molar-refractivity contribution is 0.460. The molecule has 0 aromatic heterocycles. The van der Waals surface area contributed by atoms with E-state index in [1.54, 1.807) is 12.1 Å². The fraction of sp³-hybridized carbons (Fsp3) is 0.455. The second kappa shape index (κ2) is 5.32. The molecule has 0 amide bonds. The van der Waals surface area contributed by atoms with Gasteiger partial charge >= 0.3 is 0 Å². The van der Waals surface area contributed by atoms with E-state index in [-0.39, 0.29) is 18.2 Å². The highest BCUT2D eigenvalue weighted by molar-refractivity contribution is 5.85. The molecule has 1 N–H and O–H groups in total. The number of nitrogens with one attached hydrogen (secondary N) is 1. The van der Waals surface area contributed by atoms with Crippen molar-refractivity contribution in [2.24, 2.45) is 0 Å². The molecule has 0 spiro atoms. The lowest BCUT2D eigenvalue weighted by Gasteiger charge is -2.22. The van der Waals surface area contributed by atoms with Gasteiger partial charge in [0.05, 0.1) is 0 Å². The number of piperidine rings is 1. The van der Waals surface area contributed by atoms with E-state index >= 15 is 0 Å². The first kappa shape index (κ1) is 11.5. The van der Waals surface area contributed by atoms with Crippen LogP contribution in [0.25, 0.3) is 0 Å². The van der Waals surface area contributed by atoms with Crippen LogP contribution in [0.4, 0.5) is 4.39 Å². The van der Waals surface area contributed by atoms with Gasteiger partial charge in [0.2, 0.25) is 0 Å². The molecule has 3 heteroatoms. The third-order valence-electron chi connectivity index (χ3n) is 2.62. The third kappa shape index (κ3) is 2.69. The maximum atomic E-state index is 12.9. The van der Waals surface area contributed by atoms with Gasteiger partial charge in [-0.2, -0.15) is 0 Å². The number of hydrogen-bond acceptors (Lipinski definition) is 1. The molecular weight excluding hydrogens is 201 g/mol. The van der Waals surface area contributed by atoms with Crippen molar-refractivity contribution in [1.82, 2.24) is 5.32 Å². The summed E-state index contributed by atoms with van der Waals surface area (Å²) in [6.07, 6.45) is 2.37. The molecule has 0 saturated carbocycles. The van der Waals surface area contributed by atoms with Gasteiger partial charge in [0.1, 0.15) is 5.82 Å². The molecule has 1 aliphatic heterocycles. The summed E-state index contributed by atoms with van der Waals surface area (Å²) in [7, 11) is 0. The Labute approximate surface area is 90.1 Å². The first-order valence-electron chi connectivity index (χ1n) is 4.82. The molecule has 1 aromatic rings. The molecule has 1 aliphatic rings. The predicted molar refractivity (Wildman–Crippen MR) is 58.5 cm³/mol. The van der Waals surface area contributed by atoms with Crippen molar-refractivity contribution < 1.29 is 4.39 Å². The Morgan fingerprint density at radius 1 is 1.36 bits per heavy atom. The molecule has 14 heavy (non-hydrogen) atoms. The van der Waals surface area contributed by atoms with Gasteiger partial charge in [0, 0.05) is 6.54 Å². The fourth-order valence-electron chi connectivity index (χ4n) is 1.90. The fourth-order valence-corrected chi connectivity index (χ4v) is 1.90. The van der Waals surface area contributed by atoms with Crippen molar-refractivity contribution in [2.45, 2.75) is 18.8 Å². The second-order valence-electron chi connectivity index (χ2n) is 3.60. The SMILES string of the molecule is Cl.Fc1cccc([C@H]2CCCNC2)c1. The van der Waals surface area contributed by atoms with E-state index in [9.17, 15) is 4.39 Å². The smallest absolute Gasteiger partial charge is 0.123 e. The summed E-state index contributed by atoms with van der Waals surface area (Å²) >= 11 is 0. The zero-order valence-corrected chi connectivity index (χ0v) is 8.82. The summed E-state index contributed by atoms with van der Waals surface area (Å²) in [5.74, 6) is 0.382. The first-order chi connectivity index (χ1) is 6.36. The maximum absolute atomic E-state index is 12.9. The highest BCUT2D eigenvalue weighted by atomic mass is 35.5. The molecule has 1 saturated heterocycles. The molecule has 0 unspecified atom stereocenters. The Balaban J connectivity index is 0.000000980. The van der Waals surface area contributed by atoms with E-state index in [1.807, 2.05) is 6.07 Å². The van der Waals surface area contributed by atoms with Gasteiger partial charge in [0.15, 0.2) is 0 Å². The molecule has 78 valence electrons. The van der Waals surface area contributed by atoms with E-state index in [4.69, 9.17) is 0 Å². The highest BCUT2D eigenvalue weighted by Crippen LogP contribution is 2.23. The summed E-state index contributed by atoms with van der Waals surface area (Å²) in [6.45, 7) is 2.09. The molecular formula is C11H15ClFN. The lowest BCUT2D eigenvalue weighted by atomic mass is 9.92. The molecule has 1 fully saturated rings. The van der Waals surface area contributed by atoms with Gasteiger partial charge < -0.3 is 5.32 Å². The summed E-state index contributed by atoms with van der Waals surface area (Å²) in [4.78, 5) is 0. The van der Waals surface area contributed by atoms with Crippen LogP contribution >= 0.6 is 12.4 Å². The molecule has 1 nitrogen and oxygen atoms in total. The van der Waals surface area contributed by atoms with Crippen LogP contribution in [-0.2, 0) is 0 Å². The van der Waals surface area contributed by atoms with Crippen LogP contribution in [0, 0.1) is 5.82 Å². The maximum Gasteiger partial charge on any atom is 0.123 e. The van der Waals surface area contributed by atoms with E-state index in [0.717, 1.165) is 18.7 Å². The largest absolute Gasteiger partial charge is 0.316 e. The normalized spacial score (nSPS) is 21.4. The Hall–Kier alpha value is -0.600. The van der Waals surface area contributed by atoms with Gasteiger partial charge in [-0.25, -0.2) is 4.39 Å². The van der Waals surface area contributed by atoms with Crippen LogP contribution in [0.5, 0.6) is 0 Å². The van der Waals surface area contributed by atoms with E-state index in [2.05, 4.69) is 5.32 Å². The minimum Gasteiger partial charge on any atom is -0.316 e.